The van der Waals surface area contributed by atoms with Crippen molar-refractivity contribution in [3.63, 3.8) is 0 Å². The SMILES string of the molecule is CC(C)C.CC1CCC1. The molecule has 0 spiro atoms. The fraction of sp³-hybridized carbons (Fsp3) is 1.00. The minimum absolute atomic E-state index is 0.833. The molecule has 0 heteroatoms. The molecule has 0 aromatic carbocycles. The fourth-order valence-electron chi connectivity index (χ4n) is 0.612. The Balaban J connectivity index is 0.000000148. The van der Waals surface area contributed by atoms with Gasteiger partial charge >= 0.3 is 0 Å². The van der Waals surface area contributed by atoms with E-state index in [0.29, 0.717) is 0 Å². The van der Waals surface area contributed by atoms with Crippen LogP contribution in [0.15, 0.2) is 0 Å². The highest BCUT2D eigenvalue weighted by molar-refractivity contribution is 4.62. The van der Waals surface area contributed by atoms with Gasteiger partial charge in [-0.1, -0.05) is 47.0 Å². The van der Waals surface area contributed by atoms with Crippen molar-refractivity contribution >= 4 is 0 Å². The summed E-state index contributed by atoms with van der Waals surface area (Å²) < 4.78 is 0. The van der Waals surface area contributed by atoms with E-state index in [9.17, 15) is 0 Å². The summed E-state index contributed by atoms with van der Waals surface area (Å²) in [6, 6.07) is 0. The van der Waals surface area contributed by atoms with Crippen LogP contribution in [-0.2, 0) is 0 Å². The van der Waals surface area contributed by atoms with Gasteiger partial charge in [-0.05, 0) is 11.8 Å². The minimum atomic E-state index is 0.833. The zero-order valence-corrected chi connectivity index (χ0v) is 7.28. The molecule has 0 amide bonds. The van der Waals surface area contributed by atoms with Gasteiger partial charge in [0.2, 0.25) is 0 Å². The van der Waals surface area contributed by atoms with Crippen LogP contribution in [0.2, 0.25) is 0 Å². The van der Waals surface area contributed by atoms with Crippen molar-refractivity contribution in [1.82, 2.24) is 0 Å². The van der Waals surface area contributed by atoms with E-state index in [2.05, 4.69) is 27.7 Å². The van der Waals surface area contributed by atoms with Crippen LogP contribution in [0.3, 0.4) is 0 Å². The van der Waals surface area contributed by atoms with Gasteiger partial charge in [0.15, 0.2) is 0 Å². The molecule has 9 heavy (non-hydrogen) atoms. The summed E-state index contributed by atoms with van der Waals surface area (Å²) in [6.45, 7) is 8.81. The predicted octanol–water partition coefficient (Wildman–Crippen LogP) is 3.47. The first-order valence-corrected chi connectivity index (χ1v) is 4.13. The van der Waals surface area contributed by atoms with E-state index in [1.165, 1.54) is 19.3 Å². The van der Waals surface area contributed by atoms with Crippen molar-refractivity contribution < 1.29 is 0 Å². The Bertz CT molecular complexity index is 48.3. The molecule has 1 aliphatic rings. The summed E-state index contributed by atoms with van der Waals surface area (Å²) in [5.74, 6) is 1.90. The molecule has 0 saturated heterocycles. The molecular formula is C9H20. The van der Waals surface area contributed by atoms with E-state index in [-0.39, 0.29) is 0 Å². The van der Waals surface area contributed by atoms with Gasteiger partial charge in [-0.25, -0.2) is 0 Å². The molecule has 0 heterocycles. The maximum Gasteiger partial charge on any atom is -0.0443 e. The average Bonchev–Trinajstić information content (AvgIpc) is 1.59. The molecule has 0 unspecified atom stereocenters. The van der Waals surface area contributed by atoms with E-state index in [0.717, 1.165) is 11.8 Å². The van der Waals surface area contributed by atoms with Crippen LogP contribution < -0.4 is 0 Å². The normalized spacial score (nSPS) is 18.3. The lowest BCUT2D eigenvalue weighted by atomic mass is 9.88. The first-order chi connectivity index (χ1) is 4.13. The van der Waals surface area contributed by atoms with E-state index < -0.39 is 0 Å². The summed E-state index contributed by atoms with van der Waals surface area (Å²) in [6.07, 6.45) is 4.46. The molecule has 1 saturated carbocycles. The summed E-state index contributed by atoms with van der Waals surface area (Å²) in [5, 5.41) is 0. The molecule has 1 rings (SSSR count). The zero-order valence-electron chi connectivity index (χ0n) is 7.28. The third-order valence-electron chi connectivity index (χ3n) is 1.39. The van der Waals surface area contributed by atoms with Gasteiger partial charge in [-0.15, -0.1) is 0 Å². The first-order valence-electron chi connectivity index (χ1n) is 4.13. The Kier molecular flexibility index (Phi) is 4.84. The lowest BCUT2D eigenvalue weighted by Crippen LogP contribution is -2.04. The highest BCUT2D eigenvalue weighted by Gasteiger charge is 2.09. The monoisotopic (exact) mass is 128 g/mol. The molecule has 1 fully saturated rings. The molecule has 0 bridgehead atoms. The molecule has 0 N–H and O–H groups in total. The summed E-state index contributed by atoms with van der Waals surface area (Å²) in [4.78, 5) is 0. The lowest BCUT2D eigenvalue weighted by molar-refractivity contribution is 0.346. The Morgan fingerprint density at radius 3 is 1.33 bits per heavy atom. The second-order valence-corrected chi connectivity index (χ2v) is 3.77. The maximum absolute atomic E-state index is 2.31. The van der Waals surface area contributed by atoms with Crippen LogP contribution in [0.1, 0.15) is 47.0 Å². The Hall–Kier alpha value is 0. The molecule has 0 aliphatic heterocycles. The van der Waals surface area contributed by atoms with Crippen LogP contribution in [-0.4, -0.2) is 0 Å². The van der Waals surface area contributed by atoms with E-state index >= 15 is 0 Å². The molecule has 0 aromatic rings. The standard InChI is InChI=1S/C5H10.C4H10/c1-5-3-2-4-5;1-4(2)3/h5H,2-4H2,1H3;4H,1-3H3. The number of rotatable bonds is 0. The molecule has 0 aromatic heterocycles. The van der Waals surface area contributed by atoms with Gasteiger partial charge < -0.3 is 0 Å². The third kappa shape index (κ3) is 8.00. The van der Waals surface area contributed by atoms with E-state index in [1.54, 1.807) is 0 Å². The van der Waals surface area contributed by atoms with Gasteiger partial charge in [0.05, 0.1) is 0 Å². The van der Waals surface area contributed by atoms with Crippen LogP contribution in [0.25, 0.3) is 0 Å². The van der Waals surface area contributed by atoms with Crippen LogP contribution in [0.4, 0.5) is 0 Å². The van der Waals surface area contributed by atoms with Gasteiger partial charge in [0.25, 0.3) is 0 Å². The van der Waals surface area contributed by atoms with Crippen LogP contribution in [0, 0.1) is 11.8 Å². The second-order valence-electron chi connectivity index (χ2n) is 3.77. The fourth-order valence-corrected chi connectivity index (χ4v) is 0.612. The second kappa shape index (κ2) is 4.84. The summed E-state index contributed by atoms with van der Waals surface area (Å²) in [7, 11) is 0. The van der Waals surface area contributed by atoms with Crippen LogP contribution >= 0.6 is 0 Å². The van der Waals surface area contributed by atoms with Gasteiger partial charge in [0.1, 0.15) is 0 Å². The lowest BCUT2D eigenvalue weighted by Gasteiger charge is -2.18. The topological polar surface area (TPSA) is 0 Å². The highest BCUT2D eigenvalue weighted by atomic mass is 14.1. The van der Waals surface area contributed by atoms with Gasteiger partial charge in [0, 0.05) is 0 Å². The molecule has 56 valence electrons. The number of hydrogen-bond acceptors (Lipinski definition) is 0. The number of hydrogen-bond donors (Lipinski definition) is 0. The predicted molar refractivity (Wildman–Crippen MR) is 43.5 cm³/mol. The van der Waals surface area contributed by atoms with E-state index in [4.69, 9.17) is 0 Å². The van der Waals surface area contributed by atoms with Crippen molar-refractivity contribution in [1.29, 1.82) is 0 Å². The van der Waals surface area contributed by atoms with Crippen molar-refractivity contribution in [3.8, 4) is 0 Å². The van der Waals surface area contributed by atoms with Crippen molar-refractivity contribution in [2.75, 3.05) is 0 Å². The molecule has 1 aliphatic carbocycles. The molecular weight excluding hydrogens is 108 g/mol. The first kappa shape index (κ1) is 9.00. The van der Waals surface area contributed by atoms with Crippen molar-refractivity contribution in [2.24, 2.45) is 11.8 Å². The quantitative estimate of drug-likeness (QED) is 0.468. The van der Waals surface area contributed by atoms with Crippen LogP contribution in [0.5, 0.6) is 0 Å². The molecule has 0 radical (unpaired) electrons. The van der Waals surface area contributed by atoms with Gasteiger partial charge in [-0.3, -0.25) is 0 Å². The Labute approximate surface area is 59.7 Å². The van der Waals surface area contributed by atoms with Gasteiger partial charge in [-0.2, -0.15) is 0 Å². The molecule has 0 atom stereocenters. The molecule has 0 nitrogen and oxygen atoms in total. The average molecular weight is 128 g/mol. The van der Waals surface area contributed by atoms with Crippen molar-refractivity contribution in [3.05, 3.63) is 0 Å². The largest absolute Gasteiger partial charge is 0.0630 e. The van der Waals surface area contributed by atoms with E-state index in [1.807, 2.05) is 0 Å². The Morgan fingerprint density at radius 1 is 1.11 bits per heavy atom. The smallest absolute Gasteiger partial charge is 0.0443 e. The highest BCUT2D eigenvalue weighted by Crippen LogP contribution is 2.24. The minimum Gasteiger partial charge on any atom is -0.0630 e. The third-order valence-corrected chi connectivity index (χ3v) is 1.39. The Morgan fingerprint density at radius 2 is 1.33 bits per heavy atom. The summed E-state index contributed by atoms with van der Waals surface area (Å²) in [5.41, 5.74) is 0. The zero-order chi connectivity index (χ0) is 7.28. The van der Waals surface area contributed by atoms with Crippen molar-refractivity contribution in [2.45, 2.75) is 47.0 Å². The summed E-state index contributed by atoms with van der Waals surface area (Å²) >= 11 is 0. The maximum atomic E-state index is 2.31.